The lowest BCUT2D eigenvalue weighted by Gasteiger charge is -2.55. The highest BCUT2D eigenvalue weighted by molar-refractivity contribution is 5.93. The molecule has 0 bridgehead atoms. The average Bonchev–Trinajstić information content (AvgIpc) is 3.52. The van der Waals surface area contributed by atoms with Crippen LogP contribution in [-0.2, 0) is 26.9 Å². The predicted molar refractivity (Wildman–Crippen MR) is 170 cm³/mol. The predicted octanol–water partition coefficient (Wildman–Crippen LogP) is 6.76. The van der Waals surface area contributed by atoms with E-state index < -0.39 is 5.60 Å². The maximum absolute atomic E-state index is 11.0. The number of nitrogens with zero attached hydrogens (tertiary/aromatic N) is 3. The van der Waals surface area contributed by atoms with E-state index >= 15 is 0 Å². The number of aromatic hydroxyl groups is 1. The molecule has 7 rings (SSSR count). The third kappa shape index (κ3) is 4.46. The highest BCUT2D eigenvalue weighted by atomic mass is 16.5. The van der Waals surface area contributed by atoms with E-state index in [1.807, 2.05) is 17.8 Å². The minimum Gasteiger partial charge on any atom is -0.504 e. The SMILES string of the molecule is COc1cc(C=Cc2cc(O)c3c(c2)C[C@@H]2C(C)(C)[C@H](O)CC[C@@]2(C)O3)cc2c1c(C1CCCc3nn(C)cc31)cn2C. The first-order valence-corrected chi connectivity index (χ1v) is 15.6. The molecule has 3 heterocycles. The minimum atomic E-state index is -0.402. The first kappa shape index (κ1) is 28.1. The summed E-state index contributed by atoms with van der Waals surface area (Å²) in [5.74, 6) is 2.07. The van der Waals surface area contributed by atoms with E-state index in [4.69, 9.17) is 14.6 Å². The van der Waals surface area contributed by atoms with Crippen molar-refractivity contribution in [2.75, 3.05) is 7.11 Å². The quantitative estimate of drug-likeness (QED) is 0.261. The summed E-state index contributed by atoms with van der Waals surface area (Å²) < 4.78 is 16.7. The van der Waals surface area contributed by atoms with Crippen molar-refractivity contribution in [3.63, 3.8) is 0 Å². The summed E-state index contributed by atoms with van der Waals surface area (Å²) in [7, 11) is 5.85. The molecule has 43 heavy (non-hydrogen) atoms. The van der Waals surface area contributed by atoms with Crippen LogP contribution in [0.15, 0.2) is 36.7 Å². The number of aliphatic hydroxyl groups excluding tert-OH is 1. The largest absolute Gasteiger partial charge is 0.504 e. The topological polar surface area (TPSA) is 81.7 Å². The second-order valence-electron chi connectivity index (χ2n) is 13.9. The van der Waals surface area contributed by atoms with Crippen LogP contribution >= 0.6 is 0 Å². The lowest BCUT2D eigenvalue weighted by molar-refractivity contribution is -0.138. The zero-order chi connectivity index (χ0) is 30.3. The van der Waals surface area contributed by atoms with Gasteiger partial charge in [-0.3, -0.25) is 4.68 Å². The van der Waals surface area contributed by atoms with E-state index in [-0.39, 0.29) is 23.2 Å². The molecular formula is C36H43N3O4. The number of phenols is 1. The standard InChI is InChI=1S/C36H43N3O4/c1-35(2)31-18-23-14-21(16-29(40)34(23)43-36(31,3)13-12-32(35)41)10-11-22-15-28-33(30(17-22)42-6)26(19-38(28)4)24-8-7-9-27-25(24)20-39(5)37-27/h10-11,14-17,19-20,24,31-32,40-41H,7-9,12-13,18H2,1-6H3/t24?,31-,32-,36-/m1/s1. The van der Waals surface area contributed by atoms with Crippen molar-refractivity contribution in [1.82, 2.24) is 14.3 Å². The monoisotopic (exact) mass is 581 g/mol. The molecule has 1 aliphatic heterocycles. The van der Waals surface area contributed by atoms with Gasteiger partial charge < -0.3 is 24.3 Å². The van der Waals surface area contributed by atoms with Crippen molar-refractivity contribution < 1.29 is 19.7 Å². The molecule has 1 fully saturated rings. The van der Waals surface area contributed by atoms with Gasteiger partial charge in [0.15, 0.2) is 11.5 Å². The summed E-state index contributed by atoms with van der Waals surface area (Å²) in [5.41, 5.74) is 7.21. The molecule has 226 valence electrons. The van der Waals surface area contributed by atoms with Crippen LogP contribution in [0.3, 0.4) is 0 Å². The molecule has 0 spiro atoms. The Balaban J connectivity index is 1.23. The zero-order valence-electron chi connectivity index (χ0n) is 26.1. The third-order valence-electron chi connectivity index (χ3n) is 10.7. The van der Waals surface area contributed by atoms with Crippen molar-refractivity contribution in [3.8, 4) is 17.2 Å². The molecule has 7 nitrogen and oxygen atoms in total. The van der Waals surface area contributed by atoms with Crippen LogP contribution in [0.1, 0.15) is 85.9 Å². The van der Waals surface area contributed by atoms with Gasteiger partial charge in [-0.2, -0.15) is 5.10 Å². The molecule has 0 radical (unpaired) electrons. The smallest absolute Gasteiger partial charge is 0.164 e. The molecule has 0 amide bonds. The minimum absolute atomic E-state index is 0.153. The van der Waals surface area contributed by atoms with Crippen molar-refractivity contribution in [1.29, 1.82) is 0 Å². The highest BCUT2D eigenvalue weighted by Gasteiger charge is 2.54. The summed E-state index contributed by atoms with van der Waals surface area (Å²) in [5, 5.41) is 27.7. The summed E-state index contributed by atoms with van der Waals surface area (Å²) in [6.07, 6.45) is 13.7. The zero-order valence-corrected chi connectivity index (χ0v) is 26.1. The Kier molecular flexibility index (Phi) is 6.47. The van der Waals surface area contributed by atoms with Crippen LogP contribution < -0.4 is 9.47 Å². The maximum Gasteiger partial charge on any atom is 0.164 e. The number of benzene rings is 2. The van der Waals surface area contributed by atoms with Gasteiger partial charge in [-0.1, -0.05) is 26.0 Å². The maximum atomic E-state index is 11.0. The van der Waals surface area contributed by atoms with Gasteiger partial charge in [-0.25, -0.2) is 0 Å². The first-order chi connectivity index (χ1) is 20.5. The van der Waals surface area contributed by atoms with Crippen molar-refractivity contribution in [3.05, 3.63) is 70.2 Å². The number of aryl methyl sites for hydroxylation is 3. The van der Waals surface area contributed by atoms with Crippen LogP contribution in [0.25, 0.3) is 23.1 Å². The summed E-state index contributed by atoms with van der Waals surface area (Å²) in [6.45, 7) is 6.41. The average molecular weight is 582 g/mol. The summed E-state index contributed by atoms with van der Waals surface area (Å²) in [6, 6.07) is 8.22. The number of rotatable bonds is 4. The van der Waals surface area contributed by atoms with Gasteiger partial charge in [-0.15, -0.1) is 0 Å². The van der Waals surface area contributed by atoms with Crippen LogP contribution in [0, 0.1) is 11.3 Å². The molecular weight excluding hydrogens is 538 g/mol. The molecule has 1 unspecified atom stereocenters. The van der Waals surface area contributed by atoms with Gasteiger partial charge in [0, 0.05) is 49.3 Å². The first-order valence-electron chi connectivity index (χ1n) is 15.6. The molecule has 2 aliphatic carbocycles. The lowest BCUT2D eigenvalue weighted by Crippen LogP contribution is -2.58. The van der Waals surface area contributed by atoms with Crippen LogP contribution in [0.4, 0.5) is 0 Å². The van der Waals surface area contributed by atoms with E-state index in [1.54, 1.807) is 13.2 Å². The number of fused-ring (bicyclic) bond motifs is 4. The molecule has 2 aromatic heterocycles. The molecule has 1 saturated carbocycles. The lowest BCUT2D eigenvalue weighted by atomic mass is 9.57. The fourth-order valence-electron chi connectivity index (χ4n) is 8.34. The van der Waals surface area contributed by atoms with Crippen molar-refractivity contribution >= 4 is 23.1 Å². The fraction of sp³-hybridized carbons (Fsp3) is 0.472. The molecule has 2 N–H and O–H groups in total. The Labute approximate surface area is 253 Å². The Hall–Kier alpha value is -3.71. The van der Waals surface area contributed by atoms with E-state index in [9.17, 15) is 10.2 Å². The van der Waals surface area contributed by atoms with Crippen molar-refractivity contribution in [2.45, 2.75) is 76.9 Å². The van der Waals surface area contributed by atoms with Gasteiger partial charge in [0.2, 0.25) is 0 Å². The van der Waals surface area contributed by atoms with Gasteiger partial charge in [0.1, 0.15) is 11.4 Å². The number of ether oxygens (including phenoxy) is 2. The Morgan fingerprint density at radius 2 is 1.79 bits per heavy atom. The molecule has 7 heteroatoms. The number of aromatic nitrogens is 3. The summed E-state index contributed by atoms with van der Waals surface area (Å²) >= 11 is 0. The van der Waals surface area contributed by atoms with Gasteiger partial charge in [0.05, 0.1) is 24.4 Å². The van der Waals surface area contributed by atoms with E-state index in [0.717, 1.165) is 65.4 Å². The summed E-state index contributed by atoms with van der Waals surface area (Å²) in [4.78, 5) is 0. The molecule has 4 atom stereocenters. The third-order valence-corrected chi connectivity index (χ3v) is 10.7. The molecule has 2 aromatic carbocycles. The Morgan fingerprint density at radius 3 is 2.56 bits per heavy atom. The number of hydrogen-bond acceptors (Lipinski definition) is 5. The van der Waals surface area contributed by atoms with Crippen molar-refractivity contribution in [2.24, 2.45) is 25.4 Å². The number of aliphatic hydroxyl groups is 1. The molecule has 0 saturated heterocycles. The van der Waals surface area contributed by atoms with Gasteiger partial charge >= 0.3 is 0 Å². The number of phenolic OH excluding ortho intramolecular Hbond substituents is 1. The van der Waals surface area contributed by atoms with Gasteiger partial charge in [0.25, 0.3) is 0 Å². The molecule has 4 aromatic rings. The van der Waals surface area contributed by atoms with E-state index in [0.29, 0.717) is 18.1 Å². The molecule has 3 aliphatic rings. The van der Waals surface area contributed by atoms with Gasteiger partial charge in [-0.05, 0) is 97.4 Å². The second kappa shape index (κ2) is 9.91. The Morgan fingerprint density at radius 1 is 1.02 bits per heavy atom. The normalized spacial score (nSPS) is 26.2. The number of methoxy groups -OCH3 is 1. The fourth-order valence-corrected chi connectivity index (χ4v) is 8.34. The number of hydrogen-bond donors (Lipinski definition) is 2. The highest BCUT2D eigenvalue weighted by Crippen LogP contribution is 2.55. The van der Waals surface area contributed by atoms with E-state index in [1.165, 1.54) is 16.8 Å². The van der Waals surface area contributed by atoms with Crippen LogP contribution in [-0.4, -0.2) is 43.4 Å². The van der Waals surface area contributed by atoms with E-state index in [2.05, 4.69) is 69.1 Å². The second-order valence-corrected chi connectivity index (χ2v) is 13.9. The Bertz CT molecular complexity index is 1760. The van der Waals surface area contributed by atoms with Crippen LogP contribution in [0.2, 0.25) is 0 Å². The van der Waals surface area contributed by atoms with Crippen LogP contribution in [0.5, 0.6) is 17.2 Å².